The fourth-order valence-electron chi connectivity index (χ4n) is 1.97. The van der Waals surface area contributed by atoms with E-state index in [1.165, 1.54) is 35.0 Å². The van der Waals surface area contributed by atoms with Gasteiger partial charge in [0.25, 0.3) is 0 Å². The minimum Gasteiger partial charge on any atom is -0.228 e. The molecule has 2 aromatic heterocycles. The van der Waals surface area contributed by atoms with E-state index >= 15 is 0 Å². The lowest BCUT2D eigenvalue weighted by atomic mass is 10.0. The Morgan fingerprint density at radius 1 is 1.10 bits per heavy atom. The molecule has 0 aliphatic heterocycles. The largest absolute Gasteiger partial charge is 0.417 e. The summed E-state index contributed by atoms with van der Waals surface area (Å²) in [5, 5.41) is 4.13. The number of alkyl halides is 3. The molecule has 7 heteroatoms. The molecule has 1 aromatic carbocycles. The van der Waals surface area contributed by atoms with Gasteiger partial charge in [0.2, 0.25) is 0 Å². The van der Waals surface area contributed by atoms with Crippen LogP contribution in [0.3, 0.4) is 0 Å². The van der Waals surface area contributed by atoms with Crippen molar-refractivity contribution in [3.63, 3.8) is 0 Å². The topological polar surface area (TPSA) is 30.2 Å². The van der Waals surface area contributed by atoms with Crippen LogP contribution in [0.4, 0.5) is 13.2 Å². The molecule has 0 saturated heterocycles. The zero-order chi connectivity index (χ0) is 14.3. The van der Waals surface area contributed by atoms with E-state index in [0.717, 1.165) is 6.07 Å². The zero-order valence-corrected chi connectivity index (χ0v) is 10.7. The van der Waals surface area contributed by atoms with Crippen LogP contribution in [0.25, 0.3) is 16.9 Å². The molecule has 2 heterocycles. The van der Waals surface area contributed by atoms with Crippen molar-refractivity contribution in [1.82, 2.24) is 14.6 Å². The van der Waals surface area contributed by atoms with Crippen LogP contribution in [0.5, 0.6) is 0 Å². The fourth-order valence-corrected chi connectivity index (χ4v) is 2.20. The first-order chi connectivity index (χ1) is 9.47. The molecule has 0 spiro atoms. The number of hydrogen-bond acceptors (Lipinski definition) is 2. The highest BCUT2D eigenvalue weighted by molar-refractivity contribution is 6.30. The van der Waals surface area contributed by atoms with E-state index in [-0.39, 0.29) is 16.4 Å². The summed E-state index contributed by atoms with van der Waals surface area (Å²) >= 11 is 6.00. The van der Waals surface area contributed by atoms with Gasteiger partial charge in [-0.1, -0.05) is 29.8 Å². The van der Waals surface area contributed by atoms with Gasteiger partial charge in [0, 0.05) is 17.7 Å². The summed E-state index contributed by atoms with van der Waals surface area (Å²) in [6.45, 7) is 0. The Hall–Kier alpha value is -2.08. The van der Waals surface area contributed by atoms with Crippen LogP contribution in [-0.4, -0.2) is 14.6 Å². The van der Waals surface area contributed by atoms with Gasteiger partial charge in [0.1, 0.15) is 5.15 Å². The Morgan fingerprint density at radius 2 is 1.85 bits per heavy atom. The predicted molar refractivity (Wildman–Crippen MR) is 68.4 cm³/mol. The second kappa shape index (κ2) is 4.49. The van der Waals surface area contributed by atoms with Gasteiger partial charge < -0.3 is 0 Å². The van der Waals surface area contributed by atoms with Crippen LogP contribution in [0.15, 0.2) is 42.6 Å². The number of halogens is 4. The van der Waals surface area contributed by atoms with E-state index in [2.05, 4.69) is 10.1 Å². The van der Waals surface area contributed by atoms with Crippen molar-refractivity contribution in [2.24, 2.45) is 0 Å². The first-order valence-electron chi connectivity index (χ1n) is 5.64. The average Bonchev–Trinajstić information content (AvgIpc) is 2.86. The summed E-state index contributed by atoms with van der Waals surface area (Å²) in [6.07, 6.45) is -2.97. The minimum atomic E-state index is -4.45. The van der Waals surface area contributed by atoms with E-state index in [9.17, 15) is 13.2 Å². The Bertz CT molecular complexity index is 780. The van der Waals surface area contributed by atoms with E-state index in [1.54, 1.807) is 6.07 Å². The highest BCUT2D eigenvalue weighted by Gasteiger charge is 2.33. The Labute approximate surface area is 116 Å². The molecule has 3 aromatic rings. The Balaban J connectivity index is 2.26. The molecule has 102 valence electrons. The third kappa shape index (κ3) is 2.12. The highest BCUT2D eigenvalue weighted by atomic mass is 35.5. The Morgan fingerprint density at radius 3 is 2.60 bits per heavy atom. The van der Waals surface area contributed by atoms with E-state index in [1.807, 2.05) is 0 Å². The lowest BCUT2D eigenvalue weighted by Gasteiger charge is -2.12. The van der Waals surface area contributed by atoms with Gasteiger partial charge in [0.15, 0.2) is 5.65 Å². The third-order valence-corrected chi connectivity index (χ3v) is 3.09. The summed E-state index contributed by atoms with van der Waals surface area (Å²) in [5.41, 5.74) is -0.196. The van der Waals surface area contributed by atoms with Crippen molar-refractivity contribution in [3.05, 3.63) is 53.3 Å². The van der Waals surface area contributed by atoms with Crippen molar-refractivity contribution in [2.75, 3.05) is 0 Å². The van der Waals surface area contributed by atoms with Gasteiger partial charge in [-0.15, -0.1) is 0 Å². The zero-order valence-electron chi connectivity index (χ0n) is 9.89. The highest BCUT2D eigenvalue weighted by Crippen LogP contribution is 2.36. The maximum atomic E-state index is 13.0. The van der Waals surface area contributed by atoms with Crippen molar-refractivity contribution < 1.29 is 13.2 Å². The van der Waals surface area contributed by atoms with Crippen molar-refractivity contribution in [3.8, 4) is 11.3 Å². The van der Waals surface area contributed by atoms with Crippen LogP contribution in [-0.2, 0) is 6.18 Å². The molecule has 0 fully saturated rings. The number of hydrogen-bond donors (Lipinski definition) is 0. The van der Waals surface area contributed by atoms with Gasteiger partial charge in [-0.3, -0.25) is 0 Å². The van der Waals surface area contributed by atoms with Crippen molar-refractivity contribution in [2.45, 2.75) is 6.18 Å². The molecule has 0 unspecified atom stereocenters. The molecule has 0 saturated carbocycles. The van der Waals surface area contributed by atoms with E-state index < -0.39 is 11.7 Å². The van der Waals surface area contributed by atoms with Crippen LogP contribution in [0.1, 0.15) is 5.56 Å². The molecule has 20 heavy (non-hydrogen) atoms. The first kappa shape index (κ1) is 12.9. The number of aromatic nitrogens is 3. The van der Waals surface area contributed by atoms with E-state index in [0.29, 0.717) is 5.65 Å². The second-order valence-electron chi connectivity index (χ2n) is 4.11. The number of benzene rings is 1. The molecule has 3 rings (SSSR count). The Kier molecular flexibility index (Phi) is 2.90. The predicted octanol–water partition coefficient (Wildman–Crippen LogP) is 4.07. The van der Waals surface area contributed by atoms with Crippen LogP contribution in [0, 0.1) is 0 Å². The van der Waals surface area contributed by atoms with Gasteiger partial charge in [0.05, 0.1) is 17.5 Å². The number of fused-ring (bicyclic) bond motifs is 1. The monoisotopic (exact) mass is 297 g/mol. The summed E-state index contributed by atoms with van der Waals surface area (Å²) < 4.78 is 40.4. The normalized spacial score (nSPS) is 12.0. The van der Waals surface area contributed by atoms with Crippen molar-refractivity contribution in [1.29, 1.82) is 0 Å². The second-order valence-corrected chi connectivity index (χ2v) is 4.50. The molecule has 0 aliphatic rings. The van der Waals surface area contributed by atoms with Crippen LogP contribution < -0.4 is 0 Å². The molecular weight excluding hydrogens is 291 g/mol. The summed E-state index contributed by atoms with van der Waals surface area (Å²) in [7, 11) is 0. The van der Waals surface area contributed by atoms with Gasteiger partial charge >= 0.3 is 6.18 Å². The molecule has 0 bridgehead atoms. The SMILES string of the molecule is FC(F)(F)c1ccccc1-c1cc(Cl)n2nccc2n1. The van der Waals surface area contributed by atoms with Gasteiger partial charge in [-0.05, 0) is 6.07 Å². The number of rotatable bonds is 1. The molecule has 0 N–H and O–H groups in total. The molecule has 0 atom stereocenters. The molecular formula is C13H7ClF3N3. The molecule has 0 radical (unpaired) electrons. The first-order valence-corrected chi connectivity index (χ1v) is 6.01. The fraction of sp³-hybridized carbons (Fsp3) is 0.0769. The summed E-state index contributed by atoms with van der Waals surface area (Å²) in [6, 6.07) is 8.20. The lowest BCUT2D eigenvalue weighted by molar-refractivity contribution is -0.137. The quantitative estimate of drug-likeness (QED) is 0.634. The average molecular weight is 298 g/mol. The maximum Gasteiger partial charge on any atom is 0.417 e. The van der Waals surface area contributed by atoms with Gasteiger partial charge in [-0.25, -0.2) is 9.50 Å². The van der Waals surface area contributed by atoms with Crippen LogP contribution >= 0.6 is 11.6 Å². The maximum absolute atomic E-state index is 13.0. The standard InChI is InChI=1S/C13H7ClF3N3/c14-11-7-10(19-12-5-6-18-20(11)12)8-3-1-2-4-9(8)13(15,16)17/h1-7H. The molecule has 3 nitrogen and oxygen atoms in total. The molecule has 0 aliphatic carbocycles. The van der Waals surface area contributed by atoms with Crippen molar-refractivity contribution >= 4 is 17.2 Å². The molecule has 0 amide bonds. The third-order valence-electron chi connectivity index (χ3n) is 2.82. The minimum absolute atomic E-state index is 0.00870. The van der Waals surface area contributed by atoms with Gasteiger partial charge in [-0.2, -0.15) is 18.3 Å². The summed E-state index contributed by atoms with van der Waals surface area (Å²) in [4.78, 5) is 4.16. The smallest absolute Gasteiger partial charge is 0.228 e. The lowest BCUT2D eigenvalue weighted by Crippen LogP contribution is -2.07. The van der Waals surface area contributed by atoms with E-state index in [4.69, 9.17) is 11.6 Å². The van der Waals surface area contributed by atoms with Crippen LogP contribution in [0.2, 0.25) is 5.15 Å². The number of nitrogens with zero attached hydrogens (tertiary/aromatic N) is 3. The summed E-state index contributed by atoms with van der Waals surface area (Å²) in [5.74, 6) is 0.